The van der Waals surface area contributed by atoms with Gasteiger partial charge in [0.05, 0.1) is 29.2 Å². The second-order valence-electron chi connectivity index (χ2n) is 5.33. The van der Waals surface area contributed by atoms with Crippen molar-refractivity contribution >= 4 is 11.6 Å². The highest BCUT2D eigenvalue weighted by molar-refractivity contribution is 5.95. The molecule has 1 saturated heterocycles. The van der Waals surface area contributed by atoms with Crippen molar-refractivity contribution in [3.05, 3.63) is 39.2 Å². The number of amides is 1. The van der Waals surface area contributed by atoms with Crippen molar-refractivity contribution in [2.45, 2.75) is 32.9 Å². The Morgan fingerprint density at radius 3 is 2.76 bits per heavy atom. The molecule has 0 aliphatic carbocycles. The minimum Gasteiger partial charge on any atom is -0.375 e. The monoisotopic (exact) mass is 296 g/mol. The van der Waals surface area contributed by atoms with Crippen LogP contribution in [0.25, 0.3) is 0 Å². The number of carbonyl (C=O) groups excluding carboxylic acids is 1. The average Bonchev–Trinajstić information content (AvgIpc) is 2.43. The number of benzene rings is 1. The molecule has 2 rings (SSSR count). The topological polar surface area (TPSA) is 72.7 Å². The van der Waals surface area contributed by atoms with Crippen LogP contribution in [0.4, 0.5) is 10.1 Å². The van der Waals surface area contributed by atoms with Gasteiger partial charge in [0, 0.05) is 18.7 Å². The largest absolute Gasteiger partial charge is 0.375 e. The van der Waals surface area contributed by atoms with E-state index in [2.05, 4.69) is 0 Å². The molecule has 1 fully saturated rings. The van der Waals surface area contributed by atoms with Crippen LogP contribution < -0.4 is 0 Å². The van der Waals surface area contributed by atoms with Gasteiger partial charge >= 0.3 is 0 Å². The first-order valence-electron chi connectivity index (χ1n) is 6.68. The zero-order chi connectivity index (χ0) is 15.7. The third-order valence-corrected chi connectivity index (χ3v) is 3.55. The molecule has 0 radical (unpaired) electrons. The van der Waals surface area contributed by atoms with Gasteiger partial charge in [-0.3, -0.25) is 14.9 Å². The summed E-state index contributed by atoms with van der Waals surface area (Å²) >= 11 is 0. The second kappa shape index (κ2) is 5.77. The zero-order valence-electron chi connectivity index (χ0n) is 12.1. The van der Waals surface area contributed by atoms with Crippen LogP contribution in [-0.2, 0) is 4.74 Å². The standard InChI is InChI=1S/C14H17FN2O4/c1-8-4-11(17(19)20)5-12(13(8)15)14(18)16-6-10(3)21-7-9(16)2/h4-5,9-10H,6-7H2,1-3H3. The molecule has 1 aliphatic rings. The first-order valence-corrected chi connectivity index (χ1v) is 6.68. The molecule has 0 aromatic heterocycles. The maximum absolute atomic E-state index is 14.2. The molecule has 1 heterocycles. The Hall–Kier alpha value is -2.02. The molecule has 114 valence electrons. The Labute approximate surface area is 121 Å². The van der Waals surface area contributed by atoms with E-state index in [1.54, 1.807) is 6.92 Å². The summed E-state index contributed by atoms with van der Waals surface area (Å²) in [4.78, 5) is 24.2. The summed E-state index contributed by atoms with van der Waals surface area (Å²) < 4.78 is 19.6. The number of rotatable bonds is 2. The second-order valence-corrected chi connectivity index (χ2v) is 5.33. The average molecular weight is 296 g/mol. The van der Waals surface area contributed by atoms with Crippen LogP contribution >= 0.6 is 0 Å². The summed E-state index contributed by atoms with van der Waals surface area (Å²) in [6.07, 6.45) is -0.145. The molecular formula is C14H17FN2O4. The van der Waals surface area contributed by atoms with Crippen molar-refractivity contribution in [3.63, 3.8) is 0 Å². The third kappa shape index (κ3) is 3.02. The van der Waals surface area contributed by atoms with E-state index in [4.69, 9.17) is 4.74 Å². The normalized spacial score (nSPS) is 22.2. The Balaban J connectivity index is 2.40. The summed E-state index contributed by atoms with van der Waals surface area (Å²) in [5.74, 6) is -1.25. The number of nitro benzene ring substituents is 1. The van der Waals surface area contributed by atoms with Crippen LogP contribution in [-0.4, -0.2) is 41.0 Å². The van der Waals surface area contributed by atoms with Crippen molar-refractivity contribution in [1.82, 2.24) is 4.90 Å². The first-order chi connectivity index (χ1) is 9.81. The molecule has 1 aromatic rings. The fraction of sp³-hybridized carbons (Fsp3) is 0.500. The van der Waals surface area contributed by atoms with Crippen LogP contribution in [0.2, 0.25) is 0 Å². The van der Waals surface area contributed by atoms with Gasteiger partial charge in [-0.25, -0.2) is 4.39 Å². The Bertz CT molecular complexity index is 591. The molecule has 1 amide bonds. The Morgan fingerprint density at radius 2 is 2.14 bits per heavy atom. The van der Waals surface area contributed by atoms with Gasteiger partial charge in [0.2, 0.25) is 0 Å². The molecule has 2 unspecified atom stereocenters. The number of nitro groups is 1. The van der Waals surface area contributed by atoms with E-state index in [-0.39, 0.29) is 29.0 Å². The highest BCUT2D eigenvalue weighted by atomic mass is 19.1. The third-order valence-electron chi connectivity index (χ3n) is 3.55. The maximum atomic E-state index is 14.2. The number of carbonyl (C=O) groups is 1. The van der Waals surface area contributed by atoms with E-state index in [0.29, 0.717) is 13.2 Å². The van der Waals surface area contributed by atoms with Gasteiger partial charge in [0.15, 0.2) is 0 Å². The van der Waals surface area contributed by atoms with E-state index in [1.165, 1.54) is 11.8 Å². The molecule has 0 spiro atoms. The Morgan fingerprint density at radius 1 is 1.48 bits per heavy atom. The van der Waals surface area contributed by atoms with Gasteiger partial charge in [0.25, 0.3) is 11.6 Å². The van der Waals surface area contributed by atoms with E-state index < -0.39 is 16.6 Å². The quantitative estimate of drug-likeness (QED) is 0.620. The summed E-state index contributed by atoms with van der Waals surface area (Å²) in [5, 5.41) is 10.9. The summed E-state index contributed by atoms with van der Waals surface area (Å²) in [5.41, 5.74) is -0.463. The number of non-ortho nitro benzene ring substituents is 1. The van der Waals surface area contributed by atoms with Gasteiger partial charge in [-0.1, -0.05) is 0 Å². The van der Waals surface area contributed by atoms with Gasteiger partial charge < -0.3 is 9.64 Å². The molecule has 2 atom stereocenters. The van der Waals surface area contributed by atoms with Crippen LogP contribution in [0.15, 0.2) is 12.1 Å². The number of hydrogen-bond acceptors (Lipinski definition) is 4. The highest BCUT2D eigenvalue weighted by Gasteiger charge is 2.31. The van der Waals surface area contributed by atoms with E-state index in [9.17, 15) is 19.3 Å². The fourth-order valence-corrected chi connectivity index (χ4v) is 2.35. The number of aryl methyl sites for hydroxylation is 1. The van der Waals surface area contributed by atoms with Crippen molar-refractivity contribution in [2.24, 2.45) is 0 Å². The zero-order valence-corrected chi connectivity index (χ0v) is 12.1. The highest BCUT2D eigenvalue weighted by Crippen LogP contribution is 2.24. The van der Waals surface area contributed by atoms with Crippen LogP contribution in [0.1, 0.15) is 29.8 Å². The van der Waals surface area contributed by atoms with Gasteiger partial charge in [-0.15, -0.1) is 0 Å². The first kappa shape index (κ1) is 15.4. The lowest BCUT2D eigenvalue weighted by atomic mass is 10.1. The predicted octanol–water partition coefficient (Wildman–Crippen LogP) is 2.29. The lowest BCUT2D eigenvalue weighted by molar-refractivity contribution is -0.385. The molecule has 0 bridgehead atoms. The lowest BCUT2D eigenvalue weighted by Gasteiger charge is -2.36. The SMILES string of the molecule is Cc1cc([N+](=O)[O-])cc(C(=O)N2CC(C)OCC2C)c1F. The summed E-state index contributed by atoms with van der Waals surface area (Å²) in [7, 11) is 0. The number of nitrogens with zero attached hydrogens (tertiary/aromatic N) is 2. The lowest BCUT2D eigenvalue weighted by Crippen LogP contribution is -2.50. The molecular weight excluding hydrogens is 279 g/mol. The summed E-state index contributed by atoms with van der Waals surface area (Å²) in [6, 6.07) is 1.92. The fourth-order valence-electron chi connectivity index (χ4n) is 2.35. The van der Waals surface area contributed by atoms with Crippen LogP contribution in [0, 0.1) is 22.9 Å². The van der Waals surface area contributed by atoms with Crippen LogP contribution in [0.3, 0.4) is 0 Å². The molecule has 1 aromatic carbocycles. The molecule has 7 heteroatoms. The molecule has 0 saturated carbocycles. The molecule has 0 N–H and O–H groups in total. The summed E-state index contributed by atoms with van der Waals surface area (Å²) in [6.45, 7) is 5.72. The van der Waals surface area contributed by atoms with Crippen molar-refractivity contribution in [2.75, 3.05) is 13.2 Å². The van der Waals surface area contributed by atoms with Gasteiger partial charge in [-0.05, 0) is 26.3 Å². The van der Waals surface area contributed by atoms with E-state index in [1.807, 2.05) is 6.92 Å². The predicted molar refractivity (Wildman–Crippen MR) is 73.7 cm³/mol. The van der Waals surface area contributed by atoms with Gasteiger partial charge in [0.1, 0.15) is 5.82 Å². The molecule has 1 aliphatic heterocycles. The number of halogens is 1. The molecule has 21 heavy (non-hydrogen) atoms. The molecule has 6 nitrogen and oxygen atoms in total. The number of ether oxygens (including phenoxy) is 1. The minimum atomic E-state index is -0.711. The van der Waals surface area contributed by atoms with Crippen LogP contribution in [0.5, 0.6) is 0 Å². The van der Waals surface area contributed by atoms with Crippen molar-refractivity contribution < 1.29 is 18.8 Å². The van der Waals surface area contributed by atoms with Crippen molar-refractivity contribution in [3.8, 4) is 0 Å². The number of hydrogen-bond donors (Lipinski definition) is 0. The Kier molecular flexibility index (Phi) is 4.22. The number of morpholine rings is 1. The minimum absolute atomic E-state index is 0.0847. The van der Waals surface area contributed by atoms with E-state index >= 15 is 0 Å². The van der Waals surface area contributed by atoms with E-state index in [0.717, 1.165) is 12.1 Å². The van der Waals surface area contributed by atoms with Gasteiger partial charge in [-0.2, -0.15) is 0 Å². The smallest absolute Gasteiger partial charge is 0.270 e. The van der Waals surface area contributed by atoms with Crippen molar-refractivity contribution in [1.29, 1.82) is 0 Å². The maximum Gasteiger partial charge on any atom is 0.270 e.